The largest absolute Gasteiger partial charge is 0.382 e. The van der Waals surface area contributed by atoms with Crippen molar-refractivity contribution < 1.29 is 0 Å². The third kappa shape index (κ3) is 4.03. The summed E-state index contributed by atoms with van der Waals surface area (Å²) >= 11 is 0. The Morgan fingerprint density at radius 2 is 2.08 bits per heavy atom. The van der Waals surface area contributed by atoms with Gasteiger partial charge in [0.2, 0.25) is 0 Å². The number of hydrogen-bond acceptors (Lipinski definition) is 8. The summed E-state index contributed by atoms with van der Waals surface area (Å²) in [5.41, 5.74) is 10.6. The Hall–Kier alpha value is -4.91. The molecule has 0 spiro atoms. The maximum Gasteiger partial charge on any atom is 0.274 e. The van der Waals surface area contributed by atoms with Crippen LogP contribution in [0.3, 0.4) is 0 Å². The van der Waals surface area contributed by atoms with Gasteiger partial charge in [-0.3, -0.25) is 4.79 Å². The molecule has 5 heterocycles. The molecule has 10 heteroatoms. The lowest BCUT2D eigenvalue weighted by atomic mass is 9.97. The fraction of sp³-hybridized carbons (Fsp3) is 0.276. The van der Waals surface area contributed by atoms with Crippen molar-refractivity contribution in [3.63, 3.8) is 0 Å². The van der Waals surface area contributed by atoms with Gasteiger partial charge in [0.1, 0.15) is 35.1 Å². The minimum Gasteiger partial charge on any atom is -0.382 e. The Balaban J connectivity index is 1.55. The molecule has 6 rings (SSSR count). The van der Waals surface area contributed by atoms with Crippen LogP contribution in [-0.4, -0.2) is 37.1 Å². The third-order valence-electron chi connectivity index (χ3n) is 7.34. The Morgan fingerprint density at radius 3 is 2.87 bits per heavy atom. The first-order chi connectivity index (χ1) is 18.9. The second-order valence-electron chi connectivity index (χ2n) is 10.2. The molecule has 1 aliphatic heterocycles. The molecule has 196 valence electrons. The molecule has 0 amide bonds. The molecule has 10 nitrogen and oxygen atoms in total. The molecule has 1 aliphatic rings. The number of aryl methyl sites for hydroxylation is 1. The number of aromatic amines is 1. The van der Waals surface area contributed by atoms with E-state index in [4.69, 9.17) is 10.7 Å². The first-order valence-corrected chi connectivity index (χ1v) is 13.0. The number of nitrogens with one attached hydrogen (secondary N) is 2. The second-order valence-corrected chi connectivity index (χ2v) is 10.2. The van der Waals surface area contributed by atoms with E-state index >= 15 is 0 Å². The van der Waals surface area contributed by atoms with Gasteiger partial charge in [-0.25, -0.2) is 15.0 Å². The summed E-state index contributed by atoms with van der Waals surface area (Å²) in [5, 5.41) is 15.2. The van der Waals surface area contributed by atoms with E-state index in [0.29, 0.717) is 16.9 Å². The quantitative estimate of drug-likeness (QED) is 0.308. The fourth-order valence-corrected chi connectivity index (χ4v) is 5.62. The van der Waals surface area contributed by atoms with Gasteiger partial charge in [0.25, 0.3) is 5.56 Å². The van der Waals surface area contributed by atoms with Crippen LogP contribution < -0.4 is 21.5 Å². The highest BCUT2D eigenvalue weighted by molar-refractivity contribution is 6.03. The fourth-order valence-electron chi connectivity index (χ4n) is 5.62. The number of pyridine rings is 2. The minimum absolute atomic E-state index is 0.0397. The van der Waals surface area contributed by atoms with E-state index in [9.17, 15) is 10.1 Å². The van der Waals surface area contributed by atoms with Crippen molar-refractivity contribution in [2.75, 3.05) is 22.5 Å². The van der Waals surface area contributed by atoms with Crippen LogP contribution in [0, 0.1) is 11.3 Å². The lowest BCUT2D eigenvalue weighted by Gasteiger charge is -2.29. The predicted molar refractivity (Wildman–Crippen MR) is 154 cm³/mol. The predicted octanol–water partition coefficient (Wildman–Crippen LogP) is 4.49. The Labute approximate surface area is 225 Å². The minimum atomic E-state index is -0.0696. The number of anilines is 3. The number of H-pyrrole nitrogens is 1. The topological polar surface area (TPSA) is 142 Å². The third-order valence-corrected chi connectivity index (χ3v) is 7.34. The average molecular weight is 520 g/mol. The van der Waals surface area contributed by atoms with E-state index in [1.165, 1.54) is 6.33 Å². The van der Waals surface area contributed by atoms with Gasteiger partial charge < -0.3 is 25.5 Å². The number of nitrogens with zero attached hydrogens (tertiary/aromatic N) is 6. The molecule has 0 saturated carbocycles. The van der Waals surface area contributed by atoms with Gasteiger partial charge >= 0.3 is 0 Å². The van der Waals surface area contributed by atoms with Crippen molar-refractivity contribution in [3.05, 3.63) is 70.5 Å². The number of aromatic nitrogens is 5. The van der Waals surface area contributed by atoms with E-state index in [-0.39, 0.29) is 23.5 Å². The first-order valence-electron chi connectivity index (χ1n) is 13.0. The van der Waals surface area contributed by atoms with Crippen LogP contribution in [-0.2, 0) is 7.05 Å². The number of hydrogen-bond donors (Lipinski definition) is 3. The highest BCUT2D eigenvalue weighted by atomic mass is 16.1. The number of fused-ring (bicyclic) bond motifs is 2. The maximum atomic E-state index is 12.7. The number of nitriles is 1. The second kappa shape index (κ2) is 9.44. The molecule has 0 bridgehead atoms. The normalized spacial score (nSPS) is 15.4. The van der Waals surface area contributed by atoms with Crippen LogP contribution in [0.1, 0.15) is 43.9 Å². The molecular formula is C29H29N9O. The van der Waals surface area contributed by atoms with E-state index in [2.05, 4.69) is 57.2 Å². The zero-order valence-electron chi connectivity index (χ0n) is 22.1. The van der Waals surface area contributed by atoms with Crippen LogP contribution >= 0.6 is 0 Å². The zero-order valence-corrected chi connectivity index (χ0v) is 22.1. The number of benzene rings is 1. The van der Waals surface area contributed by atoms with Crippen molar-refractivity contribution in [2.24, 2.45) is 7.05 Å². The molecule has 1 aromatic carbocycles. The van der Waals surface area contributed by atoms with Crippen molar-refractivity contribution in [2.45, 2.75) is 38.8 Å². The maximum absolute atomic E-state index is 12.7. The lowest BCUT2D eigenvalue weighted by Crippen LogP contribution is -2.26. The van der Waals surface area contributed by atoms with Crippen molar-refractivity contribution in [1.29, 1.82) is 5.26 Å². The van der Waals surface area contributed by atoms with Gasteiger partial charge in [-0.05, 0) is 38.8 Å². The summed E-state index contributed by atoms with van der Waals surface area (Å²) in [6.07, 6.45) is 6.91. The Bertz CT molecular complexity index is 1830. The monoisotopic (exact) mass is 519 g/mol. The summed E-state index contributed by atoms with van der Waals surface area (Å²) < 4.78 is 1.60. The van der Waals surface area contributed by atoms with Crippen LogP contribution in [0.2, 0.25) is 0 Å². The number of rotatable bonds is 5. The average Bonchev–Trinajstić information content (AvgIpc) is 3.60. The molecule has 0 aliphatic carbocycles. The van der Waals surface area contributed by atoms with Crippen molar-refractivity contribution >= 4 is 39.3 Å². The summed E-state index contributed by atoms with van der Waals surface area (Å²) in [6, 6.07) is 12.5. The molecule has 1 fully saturated rings. The van der Waals surface area contributed by atoms with E-state index in [0.717, 1.165) is 58.2 Å². The summed E-state index contributed by atoms with van der Waals surface area (Å²) in [6.45, 7) is 4.92. The molecule has 0 radical (unpaired) electrons. The molecule has 1 unspecified atom stereocenters. The molecule has 1 saturated heterocycles. The molecule has 39 heavy (non-hydrogen) atoms. The van der Waals surface area contributed by atoms with E-state index in [1.54, 1.807) is 17.8 Å². The zero-order chi connectivity index (χ0) is 27.3. The molecule has 1 atom stereocenters. The van der Waals surface area contributed by atoms with Gasteiger partial charge in [0.15, 0.2) is 5.82 Å². The number of nitrogens with two attached hydrogens (primary N) is 1. The van der Waals surface area contributed by atoms with Gasteiger partial charge in [-0.15, -0.1) is 0 Å². The first kappa shape index (κ1) is 24.4. The van der Waals surface area contributed by atoms with E-state index in [1.807, 2.05) is 24.4 Å². The van der Waals surface area contributed by atoms with Crippen LogP contribution in [0.25, 0.3) is 32.9 Å². The van der Waals surface area contributed by atoms with Gasteiger partial charge in [-0.1, -0.05) is 18.2 Å². The summed E-state index contributed by atoms with van der Waals surface area (Å²) in [7, 11) is 1.76. The van der Waals surface area contributed by atoms with Crippen molar-refractivity contribution in [3.8, 4) is 17.2 Å². The van der Waals surface area contributed by atoms with Crippen LogP contribution in [0.5, 0.6) is 0 Å². The van der Waals surface area contributed by atoms with Crippen LogP contribution in [0.4, 0.5) is 17.5 Å². The molecule has 5 aromatic rings. The standard InChI is InChI=1S/C29H29N9O/c1-16(2)35-27-20(23-8-5-11-38(23)28-21(13-30)26(31)33-15-34-28)12-17-6-4-7-18(24(17)36-27)22-14-37(3)29(39)25-19(22)9-10-32-25/h4,6-7,9-10,12,14-16,23,32H,5,8,11H2,1-3H3,(H,35,36)(H2,31,33,34). The number of nitrogen functional groups attached to an aromatic ring is 1. The Morgan fingerprint density at radius 1 is 1.23 bits per heavy atom. The summed E-state index contributed by atoms with van der Waals surface area (Å²) in [4.78, 5) is 31.6. The molecule has 4 N–H and O–H groups in total. The SMILES string of the molecule is CC(C)Nc1nc2c(-c3cn(C)c(=O)c4[nH]ccc34)cccc2cc1C1CCCN1c1ncnc(N)c1C#N. The molecular weight excluding hydrogens is 490 g/mol. The summed E-state index contributed by atoms with van der Waals surface area (Å²) in [5.74, 6) is 1.53. The number of para-hydroxylation sites is 1. The lowest BCUT2D eigenvalue weighted by molar-refractivity contribution is 0.706. The Kier molecular flexibility index (Phi) is 5.91. The van der Waals surface area contributed by atoms with E-state index < -0.39 is 0 Å². The van der Waals surface area contributed by atoms with Gasteiger partial charge in [0.05, 0.1) is 11.6 Å². The van der Waals surface area contributed by atoms with Gasteiger partial charge in [0, 0.05) is 59.5 Å². The van der Waals surface area contributed by atoms with Gasteiger partial charge in [-0.2, -0.15) is 5.26 Å². The highest BCUT2D eigenvalue weighted by Gasteiger charge is 2.32. The van der Waals surface area contributed by atoms with Crippen molar-refractivity contribution in [1.82, 2.24) is 24.5 Å². The van der Waals surface area contributed by atoms with Crippen LogP contribution in [0.15, 0.2) is 53.8 Å². The molecule has 4 aromatic heterocycles. The highest BCUT2D eigenvalue weighted by Crippen LogP contribution is 2.42. The smallest absolute Gasteiger partial charge is 0.274 e.